The maximum atomic E-state index is 10.7. The molecule has 1 N–H and O–H groups in total. The molecule has 0 saturated carbocycles. The number of aromatic nitrogens is 1. The third-order valence-corrected chi connectivity index (χ3v) is 2.41. The first kappa shape index (κ1) is 12.1. The van der Waals surface area contributed by atoms with E-state index < -0.39 is 0 Å². The van der Waals surface area contributed by atoms with E-state index in [0.29, 0.717) is 6.54 Å². The van der Waals surface area contributed by atoms with Crippen LogP contribution in [0.15, 0.2) is 47.1 Å². The van der Waals surface area contributed by atoms with E-state index in [1.807, 2.05) is 42.5 Å². The summed E-state index contributed by atoms with van der Waals surface area (Å²) in [6.07, 6.45) is 5.49. The zero-order chi connectivity index (χ0) is 12.8. The van der Waals surface area contributed by atoms with Crippen LogP contribution in [0.3, 0.4) is 0 Å². The van der Waals surface area contributed by atoms with E-state index in [-0.39, 0.29) is 5.91 Å². The molecular formula is C14H14N2O2. The van der Waals surface area contributed by atoms with E-state index in [0.717, 1.165) is 16.9 Å². The van der Waals surface area contributed by atoms with Crippen LogP contribution in [0.25, 0.3) is 17.4 Å². The molecule has 1 aromatic heterocycles. The van der Waals surface area contributed by atoms with Gasteiger partial charge < -0.3 is 9.84 Å². The topological polar surface area (TPSA) is 55.1 Å². The van der Waals surface area contributed by atoms with Crippen LogP contribution in [0.4, 0.5) is 0 Å². The molecule has 2 aromatic rings. The van der Waals surface area contributed by atoms with Gasteiger partial charge in [-0.3, -0.25) is 4.79 Å². The molecule has 18 heavy (non-hydrogen) atoms. The smallest absolute Gasteiger partial charge is 0.217 e. The quantitative estimate of drug-likeness (QED) is 0.896. The van der Waals surface area contributed by atoms with Crippen molar-refractivity contribution in [1.29, 1.82) is 0 Å². The molecule has 0 atom stereocenters. The summed E-state index contributed by atoms with van der Waals surface area (Å²) in [6.45, 7) is 2.04. The molecule has 0 radical (unpaired) electrons. The standard InChI is InChI=1S/C14H14N2O2/c1-11(17)15-9-2-3-12-4-6-13(7-5-12)14-8-10-16-18-14/h2-8,10H,9H2,1H3,(H,15,17). The van der Waals surface area contributed by atoms with Gasteiger partial charge in [0.05, 0.1) is 6.20 Å². The molecule has 0 aliphatic carbocycles. The minimum atomic E-state index is -0.0275. The lowest BCUT2D eigenvalue weighted by Gasteiger charge is -1.98. The summed E-state index contributed by atoms with van der Waals surface area (Å²) in [4.78, 5) is 10.7. The van der Waals surface area contributed by atoms with Crippen molar-refractivity contribution in [3.05, 3.63) is 48.2 Å². The number of carbonyl (C=O) groups excluding carboxylic acids is 1. The predicted octanol–water partition coefficient (Wildman–Crippen LogP) is 2.49. The number of benzene rings is 1. The van der Waals surface area contributed by atoms with Crippen molar-refractivity contribution in [3.63, 3.8) is 0 Å². The molecule has 0 aliphatic heterocycles. The molecule has 1 heterocycles. The second kappa shape index (κ2) is 5.82. The fraction of sp³-hybridized carbons (Fsp3) is 0.143. The third kappa shape index (κ3) is 3.31. The lowest BCUT2D eigenvalue weighted by Crippen LogP contribution is -2.19. The predicted molar refractivity (Wildman–Crippen MR) is 69.7 cm³/mol. The minimum Gasteiger partial charge on any atom is -0.356 e. The zero-order valence-electron chi connectivity index (χ0n) is 10.1. The number of hydrogen-bond acceptors (Lipinski definition) is 3. The number of nitrogens with zero attached hydrogens (tertiary/aromatic N) is 1. The second-order valence-corrected chi connectivity index (χ2v) is 3.84. The lowest BCUT2D eigenvalue weighted by atomic mass is 10.1. The molecule has 0 bridgehead atoms. The largest absolute Gasteiger partial charge is 0.356 e. The van der Waals surface area contributed by atoms with Gasteiger partial charge in [-0.1, -0.05) is 41.6 Å². The molecule has 0 spiro atoms. The monoisotopic (exact) mass is 242 g/mol. The van der Waals surface area contributed by atoms with Gasteiger partial charge in [-0.25, -0.2) is 0 Å². The van der Waals surface area contributed by atoms with Crippen LogP contribution >= 0.6 is 0 Å². The summed E-state index contributed by atoms with van der Waals surface area (Å²) in [5.74, 6) is 0.726. The third-order valence-electron chi connectivity index (χ3n) is 2.41. The highest BCUT2D eigenvalue weighted by Crippen LogP contribution is 2.19. The van der Waals surface area contributed by atoms with Gasteiger partial charge in [0.15, 0.2) is 5.76 Å². The van der Waals surface area contributed by atoms with Gasteiger partial charge in [-0.05, 0) is 5.56 Å². The second-order valence-electron chi connectivity index (χ2n) is 3.84. The normalized spacial score (nSPS) is 10.7. The Morgan fingerprint density at radius 1 is 1.33 bits per heavy atom. The van der Waals surface area contributed by atoms with E-state index in [1.54, 1.807) is 6.20 Å². The van der Waals surface area contributed by atoms with Gasteiger partial charge in [-0.2, -0.15) is 0 Å². The van der Waals surface area contributed by atoms with Gasteiger partial charge in [-0.15, -0.1) is 0 Å². The molecule has 0 fully saturated rings. The van der Waals surface area contributed by atoms with Crippen LogP contribution in [-0.4, -0.2) is 17.6 Å². The van der Waals surface area contributed by atoms with E-state index in [4.69, 9.17) is 4.52 Å². The first-order chi connectivity index (χ1) is 8.75. The van der Waals surface area contributed by atoms with Crippen LogP contribution in [0.5, 0.6) is 0 Å². The highest BCUT2D eigenvalue weighted by Gasteiger charge is 1.99. The number of amides is 1. The number of carbonyl (C=O) groups is 1. The van der Waals surface area contributed by atoms with Crippen molar-refractivity contribution >= 4 is 12.0 Å². The van der Waals surface area contributed by atoms with Crippen LogP contribution < -0.4 is 5.32 Å². The molecular weight excluding hydrogens is 228 g/mol. The highest BCUT2D eigenvalue weighted by atomic mass is 16.5. The number of nitrogens with one attached hydrogen (secondary N) is 1. The van der Waals surface area contributed by atoms with E-state index >= 15 is 0 Å². The summed E-state index contributed by atoms with van der Waals surface area (Å²) in [7, 11) is 0. The average Bonchev–Trinajstić information content (AvgIpc) is 2.89. The molecule has 1 amide bonds. The Bertz CT molecular complexity index is 527. The summed E-state index contributed by atoms with van der Waals surface area (Å²) in [6, 6.07) is 9.74. The Labute approximate surface area is 105 Å². The average molecular weight is 242 g/mol. The van der Waals surface area contributed by atoms with Crippen molar-refractivity contribution < 1.29 is 9.32 Å². The molecule has 4 heteroatoms. The Morgan fingerprint density at radius 2 is 2.11 bits per heavy atom. The van der Waals surface area contributed by atoms with Gasteiger partial charge in [0.25, 0.3) is 0 Å². The summed E-state index contributed by atoms with van der Waals surface area (Å²) in [5, 5.41) is 6.37. The van der Waals surface area contributed by atoms with Gasteiger partial charge in [0.2, 0.25) is 5.91 Å². The van der Waals surface area contributed by atoms with E-state index in [1.165, 1.54) is 6.92 Å². The fourth-order valence-electron chi connectivity index (χ4n) is 1.52. The van der Waals surface area contributed by atoms with Gasteiger partial charge >= 0.3 is 0 Å². The van der Waals surface area contributed by atoms with Crippen molar-refractivity contribution in [3.8, 4) is 11.3 Å². The van der Waals surface area contributed by atoms with Crippen molar-refractivity contribution in [1.82, 2.24) is 10.5 Å². The van der Waals surface area contributed by atoms with Crippen LogP contribution in [0.1, 0.15) is 12.5 Å². The zero-order valence-corrected chi connectivity index (χ0v) is 10.1. The molecule has 2 rings (SSSR count). The SMILES string of the molecule is CC(=O)NCC=Cc1ccc(-c2ccno2)cc1. The minimum absolute atomic E-state index is 0.0275. The first-order valence-corrected chi connectivity index (χ1v) is 5.68. The maximum Gasteiger partial charge on any atom is 0.217 e. The molecule has 0 saturated heterocycles. The first-order valence-electron chi connectivity index (χ1n) is 5.68. The Balaban J connectivity index is 1.98. The Kier molecular flexibility index (Phi) is 3.91. The summed E-state index contributed by atoms with van der Waals surface area (Å²) < 4.78 is 5.07. The molecule has 4 nitrogen and oxygen atoms in total. The van der Waals surface area contributed by atoms with Crippen LogP contribution in [-0.2, 0) is 4.79 Å². The Hall–Kier alpha value is -2.36. The summed E-state index contributed by atoms with van der Waals surface area (Å²) in [5.41, 5.74) is 2.06. The van der Waals surface area contributed by atoms with Crippen LogP contribution in [0.2, 0.25) is 0 Å². The molecule has 92 valence electrons. The fourth-order valence-corrected chi connectivity index (χ4v) is 1.52. The van der Waals surface area contributed by atoms with Crippen molar-refractivity contribution in [2.45, 2.75) is 6.92 Å². The maximum absolute atomic E-state index is 10.7. The number of hydrogen-bond donors (Lipinski definition) is 1. The Morgan fingerprint density at radius 3 is 2.72 bits per heavy atom. The van der Waals surface area contributed by atoms with Crippen molar-refractivity contribution in [2.75, 3.05) is 6.54 Å². The van der Waals surface area contributed by atoms with Gasteiger partial charge in [0, 0.05) is 25.1 Å². The van der Waals surface area contributed by atoms with E-state index in [2.05, 4.69) is 10.5 Å². The molecule has 0 unspecified atom stereocenters. The van der Waals surface area contributed by atoms with Crippen LogP contribution in [0, 0.1) is 0 Å². The van der Waals surface area contributed by atoms with E-state index in [9.17, 15) is 4.79 Å². The molecule has 1 aromatic carbocycles. The summed E-state index contributed by atoms with van der Waals surface area (Å²) >= 11 is 0. The van der Waals surface area contributed by atoms with Gasteiger partial charge in [0.1, 0.15) is 0 Å². The molecule has 0 aliphatic rings. The number of rotatable bonds is 4. The highest BCUT2D eigenvalue weighted by molar-refractivity contribution is 5.73. The van der Waals surface area contributed by atoms with Crippen molar-refractivity contribution in [2.24, 2.45) is 0 Å². The lowest BCUT2D eigenvalue weighted by molar-refractivity contribution is -0.118.